The number of aromatic amines is 3. The third kappa shape index (κ3) is 6.61. The number of allylic oxidation sites excluding steroid dienone is 4. The zero-order valence-corrected chi connectivity index (χ0v) is 16.3. The number of hydrogen-bond acceptors (Lipinski definition) is 5. The molecule has 4 rings (SSSR count). The summed E-state index contributed by atoms with van der Waals surface area (Å²) < 4.78 is 1.47. The first kappa shape index (κ1) is 21.9. The van der Waals surface area contributed by atoms with Gasteiger partial charge in [-0.05, 0) is 18.2 Å². The van der Waals surface area contributed by atoms with E-state index in [1.807, 2.05) is 18.2 Å². The molecule has 5 N–H and O–H groups in total. The third-order valence-corrected chi connectivity index (χ3v) is 3.80. The number of nitrogens with one attached hydrogen (secondary N) is 3. The topological polar surface area (TPSA) is 126 Å². The SMILES string of the molecule is CO.CO.[Ti][C]1=CC=CC1.c1cc(B(c2cc[nH]n2)c2cc[nH]n2)n[nH]1. The molecule has 0 bridgehead atoms. The van der Waals surface area contributed by atoms with Crippen molar-refractivity contribution in [1.29, 1.82) is 0 Å². The molecule has 10 heteroatoms. The number of aliphatic hydroxyl groups is 2. The van der Waals surface area contributed by atoms with Gasteiger partial charge < -0.3 is 10.2 Å². The maximum Gasteiger partial charge on any atom is 0.317 e. The zero-order chi connectivity index (χ0) is 19.2. The summed E-state index contributed by atoms with van der Waals surface area (Å²) >= 11 is 2.14. The van der Waals surface area contributed by atoms with Crippen LogP contribution in [-0.4, -0.2) is 61.7 Å². The van der Waals surface area contributed by atoms with Crippen molar-refractivity contribution in [3.8, 4) is 0 Å². The Bertz CT molecular complexity index is 660. The first-order valence-electron chi connectivity index (χ1n) is 7.80. The van der Waals surface area contributed by atoms with Crippen molar-refractivity contribution in [2.45, 2.75) is 6.42 Å². The molecule has 3 aromatic rings. The Morgan fingerprint density at radius 1 is 0.846 bits per heavy atom. The van der Waals surface area contributed by atoms with E-state index in [1.54, 1.807) is 18.6 Å². The molecule has 0 amide bonds. The Morgan fingerprint density at radius 2 is 1.27 bits per heavy atom. The molecule has 26 heavy (non-hydrogen) atoms. The summed E-state index contributed by atoms with van der Waals surface area (Å²) in [6, 6.07) is 5.77. The Hall–Kier alpha value is -2.19. The van der Waals surface area contributed by atoms with Crippen LogP contribution in [0.5, 0.6) is 0 Å². The van der Waals surface area contributed by atoms with Gasteiger partial charge in [0, 0.05) is 49.6 Å². The van der Waals surface area contributed by atoms with Gasteiger partial charge in [0.1, 0.15) is 0 Å². The molecule has 3 heterocycles. The summed E-state index contributed by atoms with van der Waals surface area (Å²) in [5.41, 5.74) is 2.71. The minimum atomic E-state index is -0.0382. The molecule has 3 aromatic heterocycles. The van der Waals surface area contributed by atoms with E-state index in [4.69, 9.17) is 10.2 Å². The maximum absolute atomic E-state index is 7.00. The van der Waals surface area contributed by atoms with Crippen LogP contribution in [0, 0.1) is 0 Å². The van der Waals surface area contributed by atoms with Gasteiger partial charge in [-0.15, -0.1) is 0 Å². The van der Waals surface area contributed by atoms with E-state index in [9.17, 15) is 0 Å². The zero-order valence-electron chi connectivity index (χ0n) is 14.7. The number of aliphatic hydroxyl groups excluding tert-OH is 2. The number of H-pyrrole nitrogens is 3. The summed E-state index contributed by atoms with van der Waals surface area (Å²) in [5.74, 6) is 0. The number of nitrogens with zero attached hydrogens (tertiary/aromatic N) is 3. The van der Waals surface area contributed by atoms with Crippen LogP contribution in [0.2, 0.25) is 0 Å². The molecule has 0 unspecified atom stereocenters. The Labute approximate surface area is 164 Å². The van der Waals surface area contributed by atoms with Crippen LogP contribution in [0.1, 0.15) is 6.42 Å². The number of aromatic nitrogens is 6. The van der Waals surface area contributed by atoms with Gasteiger partial charge in [-0.2, -0.15) is 15.3 Å². The van der Waals surface area contributed by atoms with Crippen LogP contribution >= 0.6 is 0 Å². The van der Waals surface area contributed by atoms with Gasteiger partial charge >= 0.3 is 55.7 Å². The van der Waals surface area contributed by atoms with E-state index in [1.165, 1.54) is 10.3 Å². The smallest absolute Gasteiger partial charge is 0.286 e. The second kappa shape index (κ2) is 13.1. The van der Waals surface area contributed by atoms with Crippen LogP contribution < -0.4 is 16.8 Å². The van der Waals surface area contributed by atoms with E-state index in [0.29, 0.717) is 0 Å². The van der Waals surface area contributed by atoms with Gasteiger partial charge in [0.05, 0.1) is 0 Å². The maximum atomic E-state index is 7.00. The summed E-state index contributed by atoms with van der Waals surface area (Å²) in [4.78, 5) is 0. The number of hydrogen-bond donors (Lipinski definition) is 5. The molecule has 0 atom stereocenters. The second-order valence-corrected chi connectivity index (χ2v) is 5.76. The van der Waals surface area contributed by atoms with Crippen LogP contribution in [0.3, 0.4) is 0 Å². The van der Waals surface area contributed by atoms with Crippen molar-refractivity contribution >= 4 is 23.5 Å². The van der Waals surface area contributed by atoms with Crippen molar-refractivity contribution in [1.82, 2.24) is 30.6 Å². The molecule has 0 saturated heterocycles. The van der Waals surface area contributed by atoms with Gasteiger partial charge in [-0.3, -0.25) is 15.3 Å². The quantitative estimate of drug-likeness (QED) is 0.366. The Balaban J connectivity index is 0.000000284. The normalized spacial score (nSPS) is 11.1. The number of rotatable bonds is 3. The third-order valence-electron chi connectivity index (χ3n) is 3.23. The molecule has 0 aromatic carbocycles. The molecule has 1 aliphatic carbocycles. The molecule has 0 spiro atoms. The fraction of sp³-hybridized carbons (Fsp3) is 0.188. The average Bonchev–Trinajstić information content (AvgIpc) is 3.49. The largest absolute Gasteiger partial charge is 0.317 e. The van der Waals surface area contributed by atoms with Crippen LogP contribution in [0.4, 0.5) is 0 Å². The molecule has 8 nitrogen and oxygen atoms in total. The van der Waals surface area contributed by atoms with Crippen molar-refractivity contribution < 1.29 is 30.6 Å². The van der Waals surface area contributed by atoms with Gasteiger partial charge in [0.25, 0.3) is 0 Å². The molecular formula is C16H22BN6O2Ti. The predicted molar refractivity (Wildman–Crippen MR) is 98.5 cm³/mol. The van der Waals surface area contributed by atoms with Crippen LogP contribution in [0.15, 0.2) is 58.9 Å². The van der Waals surface area contributed by atoms with E-state index in [-0.39, 0.29) is 6.71 Å². The van der Waals surface area contributed by atoms with Gasteiger partial charge in [0.2, 0.25) is 0 Å². The summed E-state index contributed by atoms with van der Waals surface area (Å²) in [7, 11) is 2.00. The van der Waals surface area contributed by atoms with Crippen molar-refractivity contribution in [3.05, 3.63) is 58.9 Å². The molecule has 135 valence electrons. The predicted octanol–water partition coefficient (Wildman–Crippen LogP) is -1.03. The van der Waals surface area contributed by atoms with Crippen molar-refractivity contribution in [2.24, 2.45) is 0 Å². The van der Waals surface area contributed by atoms with E-state index in [0.717, 1.165) is 31.0 Å². The summed E-state index contributed by atoms with van der Waals surface area (Å²) in [5, 5.41) is 35.0. The minimum absolute atomic E-state index is 0.0382. The fourth-order valence-electron chi connectivity index (χ4n) is 2.20. The second-order valence-electron chi connectivity index (χ2n) is 4.75. The molecule has 0 fully saturated rings. The van der Waals surface area contributed by atoms with E-state index < -0.39 is 0 Å². The van der Waals surface area contributed by atoms with Gasteiger partial charge in [0.15, 0.2) is 0 Å². The first-order chi connectivity index (χ1) is 12.8. The van der Waals surface area contributed by atoms with Gasteiger partial charge in [-0.25, -0.2) is 0 Å². The van der Waals surface area contributed by atoms with Crippen LogP contribution in [0.25, 0.3) is 0 Å². The molecule has 0 aliphatic heterocycles. The van der Waals surface area contributed by atoms with Crippen molar-refractivity contribution in [2.75, 3.05) is 14.2 Å². The molecule has 0 saturated carbocycles. The van der Waals surface area contributed by atoms with E-state index in [2.05, 4.69) is 69.3 Å². The minimum Gasteiger partial charge on any atom is -0.286 e. The Morgan fingerprint density at radius 3 is 1.46 bits per heavy atom. The van der Waals surface area contributed by atoms with Gasteiger partial charge in [-0.1, -0.05) is 0 Å². The standard InChI is InChI=1S/C9H9BN6.C5H5.2CH4O.Ti/c1-4-11-14-7(1)10(8-2-5-12-15-8)9-3-6-13-16-9;1-2-4-5-3-1;2*1-2;/h1-6H,(H,11,14)(H,12,15)(H,13,16);1-3H,4H2;2*2H,1H3;. The average molecular weight is 389 g/mol. The molecule has 1 aliphatic rings. The summed E-state index contributed by atoms with van der Waals surface area (Å²) in [6.07, 6.45) is 12.9. The molecular weight excluding hydrogens is 367 g/mol. The molecule has 0 radical (unpaired) electrons. The fourth-order valence-corrected chi connectivity index (χ4v) is 2.53. The van der Waals surface area contributed by atoms with Crippen LogP contribution in [-0.2, 0) is 20.4 Å². The monoisotopic (exact) mass is 389 g/mol. The van der Waals surface area contributed by atoms with Crippen molar-refractivity contribution in [3.63, 3.8) is 0 Å². The van der Waals surface area contributed by atoms with E-state index >= 15 is 0 Å². The summed E-state index contributed by atoms with van der Waals surface area (Å²) in [6.45, 7) is -0.0382. The first-order valence-corrected chi connectivity index (χ1v) is 8.58. The Kier molecular flexibility index (Phi) is 11.0.